The number of carboxylic acids is 1. The zero-order valence-electron chi connectivity index (χ0n) is 9.53. The highest BCUT2D eigenvalue weighted by Gasteiger charge is 2.16. The first-order chi connectivity index (χ1) is 8.99. The average Bonchev–Trinajstić information content (AvgIpc) is 2.30. The van der Waals surface area contributed by atoms with Crippen LogP contribution in [0.15, 0.2) is 30.5 Å². The minimum Gasteiger partial charge on any atom is -0.481 e. The van der Waals surface area contributed by atoms with Crippen molar-refractivity contribution in [3.63, 3.8) is 0 Å². The second-order valence-corrected chi connectivity index (χ2v) is 4.64. The Bertz CT molecular complexity index is 626. The van der Waals surface area contributed by atoms with Crippen LogP contribution in [0.2, 0.25) is 10.0 Å². The molecule has 1 heterocycles. The molecule has 0 spiro atoms. The van der Waals surface area contributed by atoms with Crippen molar-refractivity contribution in [2.45, 2.75) is 6.42 Å². The summed E-state index contributed by atoms with van der Waals surface area (Å²) in [7, 11) is 0. The van der Waals surface area contributed by atoms with E-state index >= 15 is 0 Å². The summed E-state index contributed by atoms with van der Waals surface area (Å²) >= 11 is 12.1. The molecule has 2 rings (SSSR count). The topological polar surface area (TPSA) is 50.2 Å². The van der Waals surface area contributed by atoms with Crippen LogP contribution in [0, 0.1) is 5.82 Å². The Labute approximate surface area is 118 Å². The molecular formula is C13H8Cl2FNO2. The van der Waals surface area contributed by atoms with Crippen molar-refractivity contribution in [1.82, 2.24) is 4.98 Å². The van der Waals surface area contributed by atoms with E-state index in [4.69, 9.17) is 28.3 Å². The molecule has 0 atom stereocenters. The van der Waals surface area contributed by atoms with Gasteiger partial charge in [-0.3, -0.25) is 9.78 Å². The summed E-state index contributed by atoms with van der Waals surface area (Å²) in [5, 5.41) is 9.51. The SMILES string of the molecule is O=C(O)Cc1cc(F)cnc1-c1c(Cl)cccc1Cl. The van der Waals surface area contributed by atoms with E-state index in [-0.39, 0.29) is 17.7 Å². The first kappa shape index (κ1) is 13.8. The number of nitrogens with zero attached hydrogens (tertiary/aromatic N) is 1. The number of benzene rings is 1. The van der Waals surface area contributed by atoms with Crippen LogP contribution in [-0.2, 0) is 11.2 Å². The normalized spacial score (nSPS) is 10.5. The largest absolute Gasteiger partial charge is 0.481 e. The lowest BCUT2D eigenvalue weighted by Gasteiger charge is -2.10. The molecule has 98 valence electrons. The Hall–Kier alpha value is -1.65. The molecule has 0 bridgehead atoms. The highest BCUT2D eigenvalue weighted by atomic mass is 35.5. The monoisotopic (exact) mass is 299 g/mol. The Morgan fingerprint density at radius 1 is 1.32 bits per heavy atom. The first-order valence-electron chi connectivity index (χ1n) is 5.29. The van der Waals surface area contributed by atoms with Gasteiger partial charge in [0.15, 0.2) is 0 Å². The number of aromatic nitrogens is 1. The minimum absolute atomic E-state index is 0.225. The van der Waals surface area contributed by atoms with Crippen LogP contribution in [-0.4, -0.2) is 16.1 Å². The molecule has 1 aromatic heterocycles. The van der Waals surface area contributed by atoms with Gasteiger partial charge in [-0.1, -0.05) is 29.3 Å². The molecule has 0 unspecified atom stereocenters. The van der Waals surface area contributed by atoms with E-state index in [9.17, 15) is 9.18 Å². The van der Waals surface area contributed by atoms with Crippen LogP contribution >= 0.6 is 23.2 Å². The number of carbonyl (C=O) groups is 1. The van der Waals surface area contributed by atoms with Gasteiger partial charge in [-0.2, -0.15) is 0 Å². The van der Waals surface area contributed by atoms with Gasteiger partial charge in [-0.25, -0.2) is 4.39 Å². The van der Waals surface area contributed by atoms with Crippen LogP contribution < -0.4 is 0 Å². The van der Waals surface area contributed by atoms with Crippen molar-refractivity contribution in [2.75, 3.05) is 0 Å². The van der Waals surface area contributed by atoms with Crippen molar-refractivity contribution in [3.05, 3.63) is 51.9 Å². The quantitative estimate of drug-likeness (QED) is 0.937. The summed E-state index contributed by atoms with van der Waals surface area (Å²) in [5.41, 5.74) is 0.906. The van der Waals surface area contributed by atoms with E-state index in [0.29, 0.717) is 15.6 Å². The predicted octanol–water partition coefficient (Wildman–Crippen LogP) is 3.82. The fraction of sp³-hybridized carbons (Fsp3) is 0.0769. The Morgan fingerprint density at radius 3 is 2.53 bits per heavy atom. The van der Waals surface area contributed by atoms with E-state index in [0.717, 1.165) is 12.3 Å². The summed E-state index contributed by atoms with van der Waals surface area (Å²) in [5.74, 6) is -1.69. The molecule has 0 saturated heterocycles. The molecule has 0 amide bonds. The summed E-state index contributed by atoms with van der Waals surface area (Å²) in [4.78, 5) is 14.7. The van der Waals surface area contributed by atoms with Crippen LogP contribution in [0.3, 0.4) is 0 Å². The van der Waals surface area contributed by atoms with E-state index in [1.165, 1.54) is 0 Å². The minimum atomic E-state index is -1.09. The fourth-order valence-corrected chi connectivity index (χ4v) is 2.30. The number of carboxylic acid groups (broad SMARTS) is 1. The summed E-state index contributed by atoms with van der Waals surface area (Å²) < 4.78 is 13.2. The van der Waals surface area contributed by atoms with Gasteiger partial charge in [-0.15, -0.1) is 0 Å². The lowest BCUT2D eigenvalue weighted by molar-refractivity contribution is -0.136. The van der Waals surface area contributed by atoms with Crippen LogP contribution in [0.5, 0.6) is 0 Å². The summed E-state index contributed by atoms with van der Waals surface area (Å²) in [6, 6.07) is 6.00. The summed E-state index contributed by atoms with van der Waals surface area (Å²) in [6.45, 7) is 0. The number of halogens is 3. The van der Waals surface area contributed by atoms with Crippen LogP contribution in [0.25, 0.3) is 11.3 Å². The first-order valence-corrected chi connectivity index (χ1v) is 6.05. The average molecular weight is 300 g/mol. The molecule has 0 aliphatic carbocycles. The number of rotatable bonds is 3. The van der Waals surface area contributed by atoms with E-state index in [2.05, 4.69) is 4.98 Å². The smallest absolute Gasteiger partial charge is 0.307 e. The second kappa shape index (κ2) is 5.55. The van der Waals surface area contributed by atoms with Gasteiger partial charge in [0.05, 0.1) is 28.4 Å². The highest BCUT2D eigenvalue weighted by Crippen LogP contribution is 2.35. The number of pyridine rings is 1. The van der Waals surface area contributed by atoms with Gasteiger partial charge in [0.2, 0.25) is 0 Å². The Kier molecular flexibility index (Phi) is 4.02. The van der Waals surface area contributed by atoms with Gasteiger partial charge in [0.25, 0.3) is 0 Å². The number of hydrogen-bond acceptors (Lipinski definition) is 2. The molecule has 3 nitrogen and oxygen atoms in total. The molecule has 0 radical (unpaired) electrons. The second-order valence-electron chi connectivity index (χ2n) is 3.83. The predicted molar refractivity (Wildman–Crippen MR) is 71.0 cm³/mol. The van der Waals surface area contributed by atoms with Gasteiger partial charge in [0, 0.05) is 5.56 Å². The standard InChI is InChI=1S/C13H8Cl2FNO2/c14-9-2-1-3-10(15)12(9)13-7(5-11(18)19)4-8(16)6-17-13/h1-4,6H,5H2,(H,18,19). The third kappa shape index (κ3) is 3.03. The summed E-state index contributed by atoms with van der Waals surface area (Å²) in [6.07, 6.45) is 0.641. The Morgan fingerprint density at radius 2 is 1.95 bits per heavy atom. The van der Waals surface area contributed by atoms with E-state index in [1.807, 2.05) is 0 Å². The molecule has 0 aliphatic heterocycles. The zero-order chi connectivity index (χ0) is 14.0. The van der Waals surface area contributed by atoms with Gasteiger partial charge < -0.3 is 5.11 Å². The molecule has 6 heteroatoms. The maximum Gasteiger partial charge on any atom is 0.307 e. The maximum absolute atomic E-state index is 13.2. The van der Waals surface area contributed by atoms with Crippen molar-refractivity contribution >= 4 is 29.2 Å². The maximum atomic E-state index is 13.2. The fourth-order valence-electron chi connectivity index (χ4n) is 1.73. The molecule has 1 aromatic carbocycles. The number of aliphatic carboxylic acids is 1. The molecule has 19 heavy (non-hydrogen) atoms. The van der Waals surface area contributed by atoms with Gasteiger partial charge >= 0.3 is 5.97 Å². The van der Waals surface area contributed by atoms with Crippen molar-refractivity contribution in [2.24, 2.45) is 0 Å². The lowest BCUT2D eigenvalue weighted by Crippen LogP contribution is -2.04. The highest BCUT2D eigenvalue weighted by molar-refractivity contribution is 6.39. The van der Waals surface area contributed by atoms with Crippen molar-refractivity contribution in [1.29, 1.82) is 0 Å². The number of hydrogen-bond donors (Lipinski definition) is 1. The van der Waals surface area contributed by atoms with Crippen LogP contribution in [0.4, 0.5) is 4.39 Å². The lowest BCUT2D eigenvalue weighted by atomic mass is 10.0. The van der Waals surface area contributed by atoms with Gasteiger partial charge in [0.1, 0.15) is 5.82 Å². The van der Waals surface area contributed by atoms with Gasteiger partial charge in [-0.05, 0) is 23.8 Å². The van der Waals surface area contributed by atoms with Crippen molar-refractivity contribution in [3.8, 4) is 11.3 Å². The third-order valence-electron chi connectivity index (χ3n) is 2.47. The molecule has 2 aromatic rings. The molecule has 0 saturated carbocycles. The molecular weight excluding hydrogens is 292 g/mol. The van der Waals surface area contributed by atoms with E-state index < -0.39 is 11.8 Å². The molecule has 0 aliphatic rings. The molecule has 0 fully saturated rings. The van der Waals surface area contributed by atoms with Crippen molar-refractivity contribution < 1.29 is 14.3 Å². The molecule has 1 N–H and O–H groups in total. The van der Waals surface area contributed by atoms with E-state index in [1.54, 1.807) is 18.2 Å². The third-order valence-corrected chi connectivity index (χ3v) is 3.10. The zero-order valence-corrected chi connectivity index (χ0v) is 11.0. The Balaban J connectivity index is 2.64. The van der Waals surface area contributed by atoms with Crippen LogP contribution in [0.1, 0.15) is 5.56 Å².